The molecule has 0 aliphatic rings. The van der Waals surface area contributed by atoms with E-state index in [1.807, 2.05) is 6.07 Å². The van der Waals surface area contributed by atoms with E-state index in [-0.39, 0.29) is 5.69 Å². The number of amides is 1. The molecular weight excluding hydrogens is 328 g/mol. The van der Waals surface area contributed by atoms with Crippen molar-refractivity contribution in [1.82, 2.24) is 4.98 Å². The lowest BCUT2D eigenvalue weighted by molar-refractivity contribution is -0.119. The van der Waals surface area contributed by atoms with Crippen molar-refractivity contribution in [2.75, 3.05) is 23.8 Å². The summed E-state index contributed by atoms with van der Waals surface area (Å²) in [4.78, 5) is 27.7. The number of anilines is 2. The van der Waals surface area contributed by atoms with Gasteiger partial charge in [0, 0.05) is 17.6 Å². The number of benzene rings is 1. The highest BCUT2D eigenvalue weighted by Crippen LogP contribution is 2.16. The van der Waals surface area contributed by atoms with E-state index in [0.717, 1.165) is 0 Å². The summed E-state index contributed by atoms with van der Waals surface area (Å²) in [6.45, 7) is 3.66. The van der Waals surface area contributed by atoms with Gasteiger partial charge < -0.3 is 15.4 Å². The minimum absolute atomic E-state index is 0.130. The predicted molar refractivity (Wildman–Crippen MR) is 90.9 cm³/mol. The fraction of sp³-hybridized carbons (Fsp3) is 0.125. The molecule has 0 fully saturated rings. The average molecular weight is 342 g/mol. The SMILES string of the molecule is C=CCNc1nc(C(=O)OCC(=O)Nc2cccc(C#N)c2)cs1. The Morgan fingerprint density at radius 3 is 3.04 bits per heavy atom. The maximum atomic E-state index is 11.8. The number of nitrogens with zero attached hydrogens (tertiary/aromatic N) is 2. The van der Waals surface area contributed by atoms with Crippen LogP contribution in [0.4, 0.5) is 10.8 Å². The van der Waals surface area contributed by atoms with Crippen molar-refractivity contribution >= 4 is 34.0 Å². The van der Waals surface area contributed by atoms with Gasteiger partial charge in [-0.3, -0.25) is 4.79 Å². The molecule has 7 nitrogen and oxygen atoms in total. The minimum Gasteiger partial charge on any atom is -0.451 e. The quantitative estimate of drug-likeness (QED) is 0.591. The largest absolute Gasteiger partial charge is 0.451 e. The number of ether oxygens (including phenoxy) is 1. The van der Waals surface area contributed by atoms with E-state index in [2.05, 4.69) is 22.2 Å². The van der Waals surface area contributed by atoms with Gasteiger partial charge >= 0.3 is 5.97 Å². The number of hydrogen-bond donors (Lipinski definition) is 2. The first-order valence-electron chi connectivity index (χ1n) is 6.90. The molecule has 2 aromatic rings. The van der Waals surface area contributed by atoms with Crippen molar-refractivity contribution in [3.8, 4) is 6.07 Å². The lowest BCUT2D eigenvalue weighted by Crippen LogP contribution is -2.21. The highest BCUT2D eigenvalue weighted by Gasteiger charge is 2.14. The van der Waals surface area contributed by atoms with Crippen LogP contribution in [-0.2, 0) is 9.53 Å². The van der Waals surface area contributed by atoms with E-state index in [4.69, 9.17) is 10.00 Å². The van der Waals surface area contributed by atoms with Crippen molar-refractivity contribution < 1.29 is 14.3 Å². The molecule has 24 heavy (non-hydrogen) atoms. The van der Waals surface area contributed by atoms with Gasteiger partial charge in [-0.15, -0.1) is 17.9 Å². The van der Waals surface area contributed by atoms with Crippen LogP contribution in [0.5, 0.6) is 0 Å². The van der Waals surface area contributed by atoms with Crippen molar-refractivity contribution in [3.05, 3.63) is 53.6 Å². The first-order chi connectivity index (χ1) is 11.6. The Bertz CT molecular complexity index is 795. The van der Waals surface area contributed by atoms with E-state index in [0.29, 0.717) is 22.9 Å². The molecule has 0 aliphatic heterocycles. The summed E-state index contributed by atoms with van der Waals surface area (Å²) in [6, 6.07) is 8.40. The minimum atomic E-state index is -0.682. The number of carbonyl (C=O) groups excluding carboxylic acids is 2. The Hall–Kier alpha value is -3.18. The average Bonchev–Trinajstić information content (AvgIpc) is 3.07. The normalized spacial score (nSPS) is 9.62. The van der Waals surface area contributed by atoms with Gasteiger partial charge in [-0.25, -0.2) is 9.78 Å². The lowest BCUT2D eigenvalue weighted by atomic mass is 10.2. The second kappa shape index (κ2) is 8.45. The molecule has 0 atom stereocenters. The molecule has 0 bridgehead atoms. The van der Waals surface area contributed by atoms with Crippen LogP contribution >= 0.6 is 11.3 Å². The van der Waals surface area contributed by atoms with E-state index in [1.165, 1.54) is 17.4 Å². The van der Waals surface area contributed by atoms with Crippen molar-refractivity contribution in [1.29, 1.82) is 5.26 Å². The van der Waals surface area contributed by atoms with Crippen LogP contribution in [0.15, 0.2) is 42.3 Å². The zero-order valence-electron chi connectivity index (χ0n) is 12.6. The summed E-state index contributed by atoms with van der Waals surface area (Å²) < 4.78 is 4.92. The van der Waals surface area contributed by atoms with Crippen LogP contribution in [0.2, 0.25) is 0 Å². The molecule has 0 spiro atoms. The fourth-order valence-electron chi connectivity index (χ4n) is 1.68. The Labute approximate surface area is 142 Å². The monoisotopic (exact) mass is 342 g/mol. The fourth-order valence-corrected chi connectivity index (χ4v) is 2.37. The van der Waals surface area contributed by atoms with Gasteiger partial charge in [0.05, 0.1) is 11.6 Å². The summed E-state index contributed by atoms with van der Waals surface area (Å²) in [5.41, 5.74) is 1.01. The number of rotatable bonds is 7. The molecule has 1 aromatic carbocycles. The second-order valence-corrected chi connectivity index (χ2v) is 5.38. The van der Waals surface area contributed by atoms with Crippen LogP contribution in [0, 0.1) is 11.3 Å². The third kappa shape index (κ3) is 4.93. The number of aromatic nitrogens is 1. The Kier molecular flexibility index (Phi) is 6.05. The first kappa shape index (κ1) is 17.2. The molecule has 1 amide bonds. The van der Waals surface area contributed by atoms with E-state index < -0.39 is 18.5 Å². The van der Waals surface area contributed by atoms with Gasteiger partial charge in [-0.05, 0) is 18.2 Å². The molecule has 0 saturated carbocycles. The van der Waals surface area contributed by atoms with Crippen LogP contribution in [0.25, 0.3) is 0 Å². The van der Waals surface area contributed by atoms with Gasteiger partial charge in [0.1, 0.15) is 0 Å². The lowest BCUT2D eigenvalue weighted by Gasteiger charge is -2.06. The maximum absolute atomic E-state index is 11.8. The summed E-state index contributed by atoms with van der Waals surface area (Å²) in [7, 11) is 0. The van der Waals surface area contributed by atoms with E-state index in [1.54, 1.807) is 29.7 Å². The molecule has 1 aromatic heterocycles. The van der Waals surface area contributed by atoms with Crippen LogP contribution in [0.1, 0.15) is 16.1 Å². The van der Waals surface area contributed by atoms with Crippen molar-refractivity contribution in [2.24, 2.45) is 0 Å². The Morgan fingerprint density at radius 2 is 2.29 bits per heavy atom. The van der Waals surface area contributed by atoms with E-state index >= 15 is 0 Å². The van der Waals surface area contributed by atoms with Crippen molar-refractivity contribution in [2.45, 2.75) is 0 Å². The molecule has 0 radical (unpaired) electrons. The third-order valence-corrected chi connectivity index (χ3v) is 3.52. The summed E-state index contributed by atoms with van der Waals surface area (Å²) in [5, 5.41) is 16.4. The summed E-state index contributed by atoms with van der Waals surface area (Å²) in [5.74, 6) is -1.18. The number of nitrogens with one attached hydrogen (secondary N) is 2. The number of hydrogen-bond acceptors (Lipinski definition) is 7. The smallest absolute Gasteiger partial charge is 0.358 e. The summed E-state index contributed by atoms with van der Waals surface area (Å²) in [6.07, 6.45) is 1.67. The number of nitriles is 1. The number of esters is 1. The molecule has 8 heteroatoms. The van der Waals surface area contributed by atoms with Gasteiger partial charge in [0.2, 0.25) is 0 Å². The molecule has 2 N–H and O–H groups in total. The maximum Gasteiger partial charge on any atom is 0.358 e. The van der Waals surface area contributed by atoms with Crippen LogP contribution in [-0.4, -0.2) is 30.0 Å². The predicted octanol–water partition coefficient (Wildman–Crippen LogP) is 2.41. The van der Waals surface area contributed by atoms with Gasteiger partial charge in [-0.1, -0.05) is 12.1 Å². The van der Waals surface area contributed by atoms with Gasteiger partial charge in [0.25, 0.3) is 5.91 Å². The Balaban J connectivity index is 1.84. The number of thiazole rings is 1. The van der Waals surface area contributed by atoms with Crippen molar-refractivity contribution in [3.63, 3.8) is 0 Å². The molecule has 2 rings (SSSR count). The van der Waals surface area contributed by atoms with E-state index in [9.17, 15) is 9.59 Å². The van der Waals surface area contributed by atoms with Crippen LogP contribution < -0.4 is 10.6 Å². The van der Waals surface area contributed by atoms with Gasteiger partial charge in [0.15, 0.2) is 17.4 Å². The Morgan fingerprint density at radius 1 is 1.46 bits per heavy atom. The summed E-state index contributed by atoms with van der Waals surface area (Å²) >= 11 is 1.26. The molecule has 1 heterocycles. The topological polar surface area (TPSA) is 104 Å². The first-order valence-corrected chi connectivity index (χ1v) is 7.77. The van der Waals surface area contributed by atoms with Crippen LogP contribution in [0.3, 0.4) is 0 Å². The number of carbonyl (C=O) groups is 2. The standard InChI is InChI=1S/C16H14N4O3S/c1-2-6-18-16-20-13(10-24-16)15(22)23-9-14(21)19-12-5-3-4-11(7-12)8-17/h2-5,7,10H,1,6,9H2,(H,18,20)(H,19,21). The third-order valence-electron chi connectivity index (χ3n) is 2.72. The molecular formula is C16H14N4O3S. The second-order valence-electron chi connectivity index (χ2n) is 4.52. The van der Waals surface area contributed by atoms with Gasteiger partial charge in [-0.2, -0.15) is 5.26 Å². The zero-order valence-corrected chi connectivity index (χ0v) is 13.4. The molecule has 0 saturated heterocycles. The molecule has 0 unspecified atom stereocenters. The highest BCUT2D eigenvalue weighted by molar-refractivity contribution is 7.13. The molecule has 0 aliphatic carbocycles. The highest BCUT2D eigenvalue weighted by atomic mass is 32.1. The molecule has 122 valence electrons. The zero-order chi connectivity index (χ0) is 17.4.